The molecule has 0 saturated carbocycles. The van der Waals surface area contributed by atoms with Crippen LogP contribution in [0.4, 0.5) is 0 Å². The van der Waals surface area contributed by atoms with Crippen molar-refractivity contribution >= 4 is 44.9 Å². The van der Waals surface area contributed by atoms with Crippen LogP contribution in [0, 0.1) is 10.8 Å². The molecule has 176 valence electrons. The Balaban J connectivity index is 1.09. The van der Waals surface area contributed by atoms with Gasteiger partial charge >= 0.3 is 0 Å². The number of amidine groups is 2. The third kappa shape index (κ3) is 3.50. The summed E-state index contributed by atoms with van der Waals surface area (Å²) in [6.45, 7) is 1.54. The third-order valence-corrected chi connectivity index (χ3v) is 6.47. The van der Waals surface area contributed by atoms with E-state index in [4.69, 9.17) is 10.8 Å². The van der Waals surface area contributed by atoms with E-state index < -0.39 is 0 Å². The smallest absolute Gasteiger partial charge is 0.145 e. The molecule has 2 aromatic heterocycles. The number of nitrogens with zero attached hydrogens (tertiary/aromatic N) is 4. The first-order valence-corrected chi connectivity index (χ1v) is 11.4. The van der Waals surface area contributed by atoms with E-state index in [1.54, 1.807) is 9.80 Å². The predicted molar refractivity (Wildman–Crippen MR) is 135 cm³/mol. The number of rotatable bonds is 6. The predicted octanol–water partition coefficient (Wildman–Crippen LogP) is 3.65. The third-order valence-electron chi connectivity index (χ3n) is 6.47. The molecule has 10 heteroatoms. The highest BCUT2D eigenvalue weighted by Gasteiger charge is 2.32. The standard InChI is InChI=1S/C25H24N8O2/c26-22-20(24-28-14-6-1-2-7-15(14)29-24)18(34)12-32(22)10-5-11-33-13-19(35)21(23(33)27)25-30-16-8-3-4-9-17(16)31-25/h1-4,6-9,26-27,34-35H,5,10-13H2,(H,28,29)(H,30,31). The molecule has 4 aromatic rings. The van der Waals surface area contributed by atoms with Crippen LogP contribution < -0.4 is 0 Å². The Bertz CT molecular complexity index is 1380. The van der Waals surface area contributed by atoms with Crippen LogP contribution in [0.2, 0.25) is 0 Å². The minimum Gasteiger partial charge on any atom is -0.510 e. The molecular formula is C25H24N8O2. The van der Waals surface area contributed by atoms with Crippen molar-refractivity contribution in [1.29, 1.82) is 10.8 Å². The molecule has 2 aliphatic heterocycles. The van der Waals surface area contributed by atoms with Crippen molar-refractivity contribution in [3.63, 3.8) is 0 Å². The SMILES string of the molecule is N=C1C(c2nc3ccccc3[nH]2)=C(O)CN1CCCN1CC(O)=C(c2nc3ccccc3[nH]2)C1=N. The fraction of sp³-hybridized carbons (Fsp3) is 0.200. The van der Waals surface area contributed by atoms with Crippen LogP contribution in [-0.4, -0.2) is 77.8 Å². The van der Waals surface area contributed by atoms with Gasteiger partial charge in [-0.3, -0.25) is 10.8 Å². The number of H-pyrrole nitrogens is 2. The lowest BCUT2D eigenvalue weighted by Crippen LogP contribution is -2.33. The van der Waals surface area contributed by atoms with E-state index in [-0.39, 0.29) is 36.3 Å². The Morgan fingerprint density at radius 1 is 0.714 bits per heavy atom. The number of imidazole rings is 2. The monoisotopic (exact) mass is 468 g/mol. The van der Waals surface area contributed by atoms with Gasteiger partial charge in [0.25, 0.3) is 0 Å². The van der Waals surface area contributed by atoms with E-state index in [1.807, 2.05) is 48.5 Å². The topological polar surface area (TPSA) is 152 Å². The first kappa shape index (κ1) is 21.0. The number of benzene rings is 2. The molecule has 0 unspecified atom stereocenters. The van der Waals surface area contributed by atoms with Gasteiger partial charge in [0.1, 0.15) is 34.8 Å². The number of aromatic nitrogens is 4. The van der Waals surface area contributed by atoms with Gasteiger partial charge in [0.05, 0.1) is 46.3 Å². The molecule has 2 aromatic carbocycles. The molecule has 0 atom stereocenters. The molecule has 10 nitrogen and oxygen atoms in total. The highest BCUT2D eigenvalue weighted by molar-refractivity contribution is 6.23. The molecule has 0 fully saturated rings. The van der Waals surface area contributed by atoms with Gasteiger partial charge in [0, 0.05) is 13.1 Å². The molecule has 0 bridgehead atoms. The molecule has 4 heterocycles. The lowest BCUT2D eigenvalue weighted by molar-refractivity contribution is 0.321. The summed E-state index contributed by atoms with van der Waals surface area (Å²) in [5.41, 5.74) is 4.12. The summed E-state index contributed by atoms with van der Waals surface area (Å²) in [6, 6.07) is 15.2. The van der Waals surface area contributed by atoms with Crippen LogP contribution in [0.25, 0.3) is 33.2 Å². The highest BCUT2D eigenvalue weighted by Crippen LogP contribution is 2.29. The highest BCUT2D eigenvalue weighted by atomic mass is 16.3. The largest absolute Gasteiger partial charge is 0.510 e. The number of hydrogen-bond acceptors (Lipinski definition) is 6. The number of para-hydroxylation sites is 4. The van der Waals surface area contributed by atoms with Crippen molar-refractivity contribution in [2.45, 2.75) is 6.42 Å². The van der Waals surface area contributed by atoms with Gasteiger partial charge < -0.3 is 30.0 Å². The minimum atomic E-state index is 0.120. The zero-order chi connectivity index (χ0) is 24.1. The van der Waals surface area contributed by atoms with Gasteiger partial charge in [-0.15, -0.1) is 0 Å². The van der Waals surface area contributed by atoms with Crippen molar-refractivity contribution < 1.29 is 10.2 Å². The fourth-order valence-electron chi connectivity index (χ4n) is 4.74. The maximum atomic E-state index is 10.6. The van der Waals surface area contributed by atoms with Gasteiger partial charge in [0.2, 0.25) is 0 Å². The van der Waals surface area contributed by atoms with Gasteiger partial charge in [-0.25, -0.2) is 9.97 Å². The summed E-state index contributed by atoms with van der Waals surface area (Å²) < 4.78 is 0. The molecule has 0 radical (unpaired) electrons. The maximum Gasteiger partial charge on any atom is 0.145 e. The molecule has 0 amide bonds. The van der Waals surface area contributed by atoms with Gasteiger partial charge in [-0.2, -0.15) is 0 Å². The van der Waals surface area contributed by atoms with Gasteiger partial charge in [-0.05, 0) is 30.7 Å². The Morgan fingerprint density at radius 2 is 1.14 bits per heavy atom. The van der Waals surface area contributed by atoms with Crippen LogP contribution in [0.3, 0.4) is 0 Å². The first-order chi connectivity index (χ1) is 17.0. The first-order valence-electron chi connectivity index (χ1n) is 11.4. The Morgan fingerprint density at radius 3 is 1.57 bits per heavy atom. The molecule has 6 rings (SSSR count). The van der Waals surface area contributed by atoms with Gasteiger partial charge in [0.15, 0.2) is 0 Å². The molecule has 0 saturated heterocycles. The second-order valence-electron chi connectivity index (χ2n) is 8.74. The molecule has 0 aliphatic carbocycles. The average Bonchev–Trinajstić information content (AvgIpc) is 3.58. The Kier molecular flexibility index (Phi) is 4.80. The van der Waals surface area contributed by atoms with Crippen molar-refractivity contribution in [2.24, 2.45) is 0 Å². The fourth-order valence-corrected chi connectivity index (χ4v) is 4.74. The number of fused-ring (bicyclic) bond motifs is 2. The number of nitrogens with one attached hydrogen (secondary N) is 4. The van der Waals surface area contributed by atoms with Crippen molar-refractivity contribution in [3.05, 3.63) is 71.7 Å². The quantitative estimate of drug-likeness (QED) is 0.254. The summed E-state index contributed by atoms with van der Waals surface area (Å²) >= 11 is 0. The molecule has 6 N–H and O–H groups in total. The maximum absolute atomic E-state index is 10.6. The number of aromatic amines is 2. The van der Waals surface area contributed by atoms with Crippen molar-refractivity contribution in [2.75, 3.05) is 26.2 Å². The van der Waals surface area contributed by atoms with E-state index >= 15 is 0 Å². The summed E-state index contributed by atoms with van der Waals surface area (Å²) in [6.07, 6.45) is 0.645. The van der Waals surface area contributed by atoms with Gasteiger partial charge in [-0.1, -0.05) is 24.3 Å². The zero-order valence-corrected chi connectivity index (χ0v) is 18.8. The zero-order valence-electron chi connectivity index (χ0n) is 18.8. The lowest BCUT2D eigenvalue weighted by atomic mass is 10.2. The van der Waals surface area contributed by atoms with E-state index in [2.05, 4.69) is 19.9 Å². The lowest BCUT2D eigenvalue weighted by Gasteiger charge is -2.22. The molecule has 35 heavy (non-hydrogen) atoms. The molecule has 0 spiro atoms. The Labute approximate surface area is 200 Å². The number of aliphatic hydroxyl groups excluding tert-OH is 2. The van der Waals surface area contributed by atoms with E-state index in [0.717, 1.165) is 22.1 Å². The second kappa shape index (κ2) is 8.01. The summed E-state index contributed by atoms with van der Waals surface area (Å²) in [5.74, 6) is 1.66. The summed E-state index contributed by atoms with van der Waals surface area (Å²) in [5, 5.41) is 38.3. The van der Waals surface area contributed by atoms with E-state index in [1.165, 1.54) is 0 Å². The summed E-state index contributed by atoms with van der Waals surface area (Å²) in [7, 11) is 0. The van der Waals surface area contributed by atoms with E-state index in [9.17, 15) is 10.2 Å². The number of aliphatic hydroxyl groups is 2. The van der Waals surface area contributed by atoms with E-state index in [0.29, 0.717) is 42.3 Å². The minimum absolute atomic E-state index is 0.120. The average molecular weight is 469 g/mol. The van der Waals surface area contributed by atoms with Crippen LogP contribution in [0.5, 0.6) is 0 Å². The molecular weight excluding hydrogens is 444 g/mol. The summed E-state index contributed by atoms with van der Waals surface area (Å²) in [4.78, 5) is 19.0. The van der Waals surface area contributed by atoms with Crippen LogP contribution in [-0.2, 0) is 0 Å². The van der Waals surface area contributed by atoms with Crippen molar-refractivity contribution in [1.82, 2.24) is 29.7 Å². The Hall–Kier alpha value is -4.60. The molecule has 2 aliphatic rings. The van der Waals surface area contributed by atoms with Crippen molar-refractivity contribution in [3.8, 4) is 0 Å². The number of hydrogen-bond donors (Lipinski definition) is 6. The van der Waals surface area contributed by atoms with Crippen LogP contribution in [0.1, 0.15) is 18.1 Å². The second-order valence-corrected chi connectivity index (χ2v) is 8.74. The van der Waals surface area contributed by atoms with Crippen LogP contribution in [0.15, 0.2) is 60.0 Å². The normalized spacial score (nSPS) is 16.7. The van der Waals surface area contributed by atoms with Crippen LogP contribution >= 0.6 is 0 Å².